The van der Waals surface area contributed by atoms with E-state index in [2.05, 4.69) is 47.7 Å². The third-order valence-electron chi connectivity index (χ3n) is 4.36. The van der Waals surface area contributed by atoms with Gasteiger partial charge in [-0.25, -0.2) is 0 Å². The van der Waals surface area contributed by atoms with E-state index in [1.165, 1.54) is 5.56 Å². The van der Waals surface area contributed by atoms with Crippen molar-refractivity contribution in [3.8, 4) is 5.75 Å². The number of carbonyl (C=O) groups is 1. The first kappa shape index (κ1) is 18.5. The molecule has 1 heterocycles. The van der Waals surface area contributed by atoms with E-state index in [4.69, 9.17) is 4.74 Å². The number of hydrogen-bond donors (Lipinski definition) is 2. The molecule has 2 N–H and O–H groups in total. The molecule has 27 heavy (non-hydrogen) atoms. The maximum absolute atomic E-state index is 12.6. The molecule has 0 fully saturated rings. The van der Waals surface area contributed by atoms with Crippen LogP contribution in [0.3, 0.4) is 0 Å². The fraction of sp³-hybridized carbons (Fsp3) is 0.182. The first-order valence-electron chi connectivity index (χ1n) is 8.86. The number of pyridine rings is 1. The molecular weight excluding hydrogens is 338 g/mol. The second kappa shape index (κ2) is 8.36. The predicted molar refractivity (Wildman–Crippen MR) is 109 cm³/mol. The summed E-state index contributed by atoms with van der Waals surface area (Å²) in [5.74, 6) is 0.530. The standard InChI is InChI=1S/C22H23N3O2/c1-4-16-7-5-6-15(2)21(16)24-19-12-17(13-23-14-19)22(26)25-18-8-10-20(27-3)11-9-18/h5-14,24H,4H2,1-3H3,(H,25,26). The number of ether oxygens (including phenoxy) is 1. The van der Waals surface area contributed by atoms with Crippen molar-refractivity contribution >= 4 is 23.0 Å². The van der Waals surface area contributed by atoms with Gasteiger partial charge in [0.25, 0.3) is 5.91 Å². The number of methoxy groups -OCH3 is 1. The van der Waals surface area contributed by atoms with E-state index >= 15 is 0 Å². The van der Waals surface area contributed by atoms with Crippen molar-refractivity contribution < 1.29 is 9.53 Å². The molecule has 3 rings (SSSR count). The minimum absolute atomic E-state index is 0.211. The zero-order chi connectivity index (χ0) is 19.2. The van der Waals surface area contributed by atoms with E-state index in [1.54, 1.807) is 49.8 Å². The number of anilines is 3. The highest BCUT2D eigenvalue weighted by Gasteiger charge is 2.10. The smallest absolute Gasteiger partial charge is 0.257 e. The summed E-state index contributed by atoms with van der Waals surface area (Å²) in [4.78, 5) is 16.8. The summed E-state index contributed by atoms with van der Waals surface area (Å²) in [6.45, 7) is 4.19. The van der Waals surface area contributed by atoms with Crippen molar-refractivity contribution in [2.24, 2.45) is 0 Å². The third kappa shape index (κ3) is 4.44. The lowest BCUT2D eigenvalue weighted by atomic mass is 10.1. The minimum atomic E-state index is -0.211. The van der Waals surface area contributed by atoms with Gasteiger partial charge in [-0.15, -0.1) is 0 Å². The lowest BCUT2D eigenvalue weighted by molar-refractivity contribution is 0.102. The highest BCUT2D eigenvalue weighted by atomic mass is 16.5. The van der Waals surface area contributed by atoms with E-state index in [1.807, 2.05) is 0 Å². The summed E-state index contributed by atoms with van der Waals surface area (Å²) in [6, 6.07) is 15.2. The van der Waals surface area contributed by atoms with Crippen molar-refractivity contribution in [3.05, 3.63) is 77.6 Å². The van der Waals surface area contributed by atoms with Gasteiger partial charge in [0.1, 0.15) is 5.75 Å². The Morgan fingerprint density at radius 3 is 2.56 bits per heavy atom. The maximum Gasteiger partial charge on any atom is 0.257 e. The van der Waals surface area contributed by atoms with E-state index in [0.29, 0.717) is 11.3 Å². The molecule has 0 saturated heterocycles. The fourth-order valence-corrected chi connectivity index (χ4v) is 2.86. The molecule has 5 nitrogen and oxygen atoms in total. The molecule has 0 unspecified atom stereocenters. The van der Waals surface area contributed by atoms with Crippen LogP contribution in [0.4, 0.5) is 17.1 Å². The Morgan fingerprint density at radius 1 is 1.07 bits per heavy atom. The van der Waals surface area contributed by atoms with Gasteiger partial charge >= 0.3 is 0 Å². The molecule has 1 aromatic heterocycles. The van der Waals surface area contributed by atoms with Crippen molar-refractivity contribution in [2.45, 2.75) is 20.3 Å². The number of para-hydroxylation sites is 1. The summed E-state index contributed by atoms with van der Waals surface area (Å²) in [5.41, 5.74) is 5.41. The Kier molecular flexibility index (Phi) is 5.71. The molecule has 0 aliphatic rings. The van der Waals surface area contributed by atoms with Gasteiger partial charge in [0, 0.05) is 17.6 Å². The SMILES string of the molecule is CCc1cccc(C)c1Nc1cncc(C(=O)Nc2ccc(OC)cc2)c1. The molecular formula is C22H23N3O2. The van der Waals surface area contributed by atoms with E-state index < -0.39 is 0 Å². The first-order chi connectivity index (χ1) is 13.1. The molecule has 0 bridgehead atoms. The topological polar surface area (TPSA) is 63.2 Å². The molecule has 138 valence electrons. The van der Waals surface area contributed by atoms with E-state index in [9.17, 15) is 4.79 Å². The number of aromatic nitrogens is 1. The van der Waals surface area contributed by atoms with Crippen LogP contribution in [0.15, 0.2) is 60.9 Å². The van der Waals surface area contributed by atoms with Crippen molar-refractivity contribution in [3.63, 3.8) is 0 Å². The number of benzene rings is 2. The minimum Gasteiger partial charge on any atom is -0.497 e. The molecule has 0 saturated carbocycles. The summed E-state index contributed by atoms with van der Waals surface area (Å²) in [5, 5.41) is 6.28. The average Bonchev–Trinajstić information content (AvgIpc) is 2.70. The van der Waals surface area contributed by atoms with E-state index in [-0.39, 0.29) is 5.91 Å². The molecule has 0 radical (unpaired) electrons. The van der Waals surface area contributed by atoms with Crippen molar-refractivity contribution in [2.75, 3.05) is 17.7 Å². The van der Waals surface area contributed by atoms with Crippen LogP contribution >= 0.6 is 0 Å². The lowest BCUT2D eigenvalue weighted by Crippen LogP contribution is -2.12. The molecule has 0 aliphatic heterocycles. The molecule has 0 atom stereocenters. The Hall–Kier alpha value is -3.34. The van der Waals surface area contributed by atoms with E-state index in [0.717, 1.165) is 29.1 Å². The lowest BCUT2D eigenvalue weighted by Gasteiger charge is -2.14. The van der Waals surface area contributed by atoms with Gasteiger partial charge in [-0.3, -0.25) is 9.78 Å². The maximum atomic E-state index is 12.6. The van der Waals surface area contributed by atoms with Crippen LogP contribution < -0.4 is 15.4 Å². The number of aryl methyl sites for hydroxylation is 2. The predicted octanol–water partition coefficient (Wildman–Crippen LogP) is 4.96. The first-order valence-corrected chi connectivity index (χ1v) is 8.86. The normalized spacial score (nSPS) is 10.3. The van der Waals surface area contributed by atoms with Gasteiger partial charge in [-0.05, 0) is 54.8 Å². The van der Waals surface area contributed by atoms with Crippen LogP contribution in [-0.2, 0) is 6.42 Å². The number of rotatable bonds is 6. The van der Waals surface area contributed by atoms with Crippen LogP contribution in [-0.4, -0.2) is 18.0 Å². The molecule has 0 spiro atoms. The summed E-state index contributed by atoms with van der Waals surface area (Å²) in [7, 11) is 1.61. The molecule has 1 amide bonds. The van der Waals surface area contributed by atoms with Crippen LogP contribution in [0.25, 0.3) is 0 Å². The average molecular weight is 361 g/mol. The quantitative estimate of drug-likeness (QED) is 0.651. The number of amides is 1. The molecule has 2 aromatic carbocycles. The van der Waals surface area contributed by atoms with Gasteiger partial charge in [-0.2, -0.15) is 0 Å². The second-order valence-electron chi connectivity index (χ2n) is 6.23. The van der Waals surface area contributed by atoms with Gasteiger partial charge < -0.3 is 15.4 Å². The van der Waals surface area contributed by atoms with Gasteiger partial charge in [0.2, 0.25) is 0 Å². The van der Waals surface area contributed by atoms with Crippen LogP contribution in [0.2, 0.25) is 0 Å². The molecule has 3 aromatic rings. The zero-order valence-corrected chi connectivity index (χ0v) is 15.7. The molecule has 5 heteroatoms. The highest BCUT2D eigenvalue weighted by Crippen LogP contribution is 2.25. The van der Waals surface area contributed by atoms with Crippen LogP contribution in [0.5, 0.6) is 5.75 Å². The zero-order valence-electron chi connectivity index (χ0n) is 15.7. The Morgan fingerprint density at radius 2 is 1.85 bits per heavy atom. The Balaban J connectivity index is 1.78. The van der Waals surface area contributed by atoms with Gasteiger partial charge in [-0.1, -0.05) is 25.1 Å². The number of carbonyl (C=O) groups excluding carboxylic acids is 1. The summed E-state index contributed by atoms with van der Waals surface area (Å²) >= 11 is 0. The Bertz CT molecular complexity index is 937. The van der Waals surface area contributed by atoms with Gasteiger partial charge in [0.15, 0.2) is 0 Å². The molecule has 0 aliphatic carbocycles. The summed E-state index contributed by atoms with van der Waals surface area (Å²) < 4.78 is 5.13. The largest absolute Gasteiger partial charge is 0.497 e. The number of nitrogens with one attached hydrogen (secondary N) is 2. The van der Waals surface area contributed by atoms with Crippen LogP contribution in [0, 0.1) is 6.92 Å². The Labute approximate surface area is 159 Å². The number of nitrogens with zero attached hydrogens (tertiary/aromatic N) is 1. The fourth-order valence-electron chi connectivity index (χ4n) is 2.86. The summed E-state index contributed by atoms with van der Waals surface area (Å²) in [6.07, 6.45) is 4.20. The number of hydrogen-bond acceptors (Lipinski definition) is 4. The second-order valence-corrected chi connectivity index (χ2v) is 6.23. The monoisotopic (exact) mass is 361 g/mol. The van der Waals surface area contributed by atoms with Crippen LogP contribution in [0.1, 0.15) is 28.4 Å². The van der Waals surface area contributed by atoms with Crippen molar-refractivity contribution in [1.82, 2.24) is 4.98 Å². The highest BCUT2D eigenvalue weighted by molar-refractivity contribution is 6.04. The van der Waals surface area contributed by atoms with Gasteiger partial charge in [0.05, 0.1) is 24.6 Å². The van der Waals surface area contributed by atoms with Crippen molar-refractivity contribution in [1.29, 1.82) is 0 Å². The third-order valence-corrected chi connectivity index (χ3v) is 4.36.